The summed E-state index contributed by atoms with van der Waals surface area (Å²) in [4.78, 5) is 11.7. The summed E-state index contributed by atoms with van der Waals surface area (Å²) in [6.07, 6.45) is 4.60. The average Bonchev–Trinajstić information content (AvgIpc) is 2.75. The molecule has 5 atom stereocenters. The Kier molecular flexibility index (Phi) is 2.42. The molecule has 0 bridgehead atoms. The molecule has 0 amide bonds. The van der Waals surface area contributed by atoms with Crippen LogP contribution in [0.15, 0.2) is 24.3 Å². The molecule has 3 rings (SSSR count). The topological polar surface area (TPSA) is 26.3 Å². The summed E-state index contributed by atoms with van der Waals surface area (Å²) in [7, 11) is 0. The molecule has 0 aromatic rings. The molecule has 2 aliphatic carbocycles. The molecule has 92 valence electrons. The normalized spacial score (nSPS) is 45.2. The summed E-state index contributed by atoms with van der Waals surface area (Å²) in [6.45, 7) is 10.5. The Morgan fingerprint density at radius 1 is 1.24 bits per heavy atom. The Labute approximate surface area is 103 Å². The van der Waals surface area contributed by atoms with E-state index in [1.54, 1.807) is 0 Å². The molecule has 1 aliphatic heterocycles. The minimum absolute atomic E-state index is 0.0416. The van der Waals surface area contributed by atoms with E-state index in [0.717, 1.165) is 18.8 Å². The lowest BCUT2D eigenvalue weighted by atomic mass is 9.80. The fraction of sp³-hybridized carbons (Fsp3) is 0.667. The highest BCUT2D eigenvalue weighted by atomic mass is 16.6. The van der Waals surface area contributed by atoms with Crippen LogP contribution in [0.1, 0.15) is 32.6 Å². The predicted octanol–water partition coefficient (Wildman–Crippen LogP) is 3.10. The van der Waals surface area contributed by atoms with E-state index in [9.17, 15) is 4.79 Å². The van der Waals surface area contributed by atoms with Crippen LogP contribution in [0, 0.1) is 23.7 Å². The molecular formula is C15H20O2. The maximum Gasteiger partial charge on any atom is 0.334 e. The van der Waals surface area contributed by atoms with Gasteiger partial charge in [0.15, 0.2) is 0 Å². The molecule has 3 aliphatic rings. The average molecular weight is 232 g/mol. The lowest BCUT2D eigenvalue weighted by molar-refractivity contribution is -0.141. The molecule has 0 N–H and O–H groups in total. The number of carbonyl (C=O) groups excluding carboxylic acids is 1. The van der Waals surface area contributed by atoms with Crippen molar-refractivity contribution in [2.75, 3.05) is 0 Å². The predicted molar refractivity (Wildman–Crippen MR) is 66.3 cm³/mol. The second kappa shape index (κ2) is 3.72. The van der Waals surface area contributed by atoms with Crippen LogP contribution >= 0.6 is 0 Å². The van der Waals surface area contributed by atoms with Gasteiger partial charge in [-0.2, -0.15) is 0 Å². The van der Waals surface area contributed by atoms with Gasteiger partial charge in [-0.1, -0.05) is 25.7 Å². The van der Waals surface area contributed by atoms with Crippen molar-refractivity contribution in [3.8, 4) is 0 Å². The number of carbonyl (C=O) groups is 1. The van der Waals surface area contributed by atoms with Crippen molar-refractivity contribution in [1.29, 1.82) is 0 Å². The Bertz CT molecular complexity index is 396. The summed E-state index contributed by atoms with van der Waals surface area (Å²) in [5.74, 6) is 1.84. The van der Waals surface area contributed by atoms with Crippen molar-refractivity contribution < 1.29 is 9.53 Å². The van der Waals surface area contributed by atoms with Gasteiger partial charge in [-0.05, 0) is 37.5 Å². The first-order valence-electron chi connectivity index (χ1n) is 6.67. The second-order valence-corrected chi connectivity index (χ2v) is 5.94. The van der Waals surface area contributed by atoms with Crippen molar-refractivity contribution in [1.82, 2.24) is 0 Å². The van der Waals surface area contributed by atoms with Gasteiger partial charge in [-0.15, -0.1) is 0 Å². The second-order valence-electron chi connectivity index (χ2n) is 5.94. The van der Waals surface area contributed by atoms with Crippen LogP contribution in [0.5, 0.6) is 0 Å². The molecule has 3 fully saturated rings. The van der Waals surface area contributed by atoms with Crippen LogP contribution in [0.25, 0.3) is 0 Å². The zero-order valence-corrected chi connectivity index (χ0v) is 10.4. The molecule has 0 unspecified atom stereocenters. The van der Waals surface area contributed by atoms with E-state index in [-0.39, 0.29) is 18.0 Å². The summed E-state index contributed by atoms with van der Waals surface area (Å²) in [6, 6.07) is 0. The summed E-state index contributed by atoms with van der Waals surface area (Å²) >= 11 is 0. The molecule has 2 saturated carbocycles. The quantitative estimate of drug-likeness (QED) is 0.364. The fourth-order valence-corrected chi connectivity index (χ4v) is 4.07. The van der Waals surface area contributed by atoms with Crippen LogP contribution in [-0.4, -0.2) is 12.1 Å². The first kappa shape index (κ1) is 11.1. The minimum Gasteiger partial charge on any atom is -0.458 e. The van der Waals surface area contributed by atoms with Gasteiger partial charge in [0.05, 0.1) is 0 Å². The van der Waals surface area contributed by atoms with E-state index < -0.39 is 0 Å². The third-order valence-electron chi connectivity index (χ3n) is 5.10. The molecule has 17 heavy (non-hydrogen) atoms. The molecular weight excluding hydrogens is 212 g/mol. The van der Waals surface area contributed by atoms with Crippen molar-refractivity contribution in [2.45, 2.75) is 38.7 Å². The zero-order valence-electron chi connectivity index (χ0n) is 10.4. The largest absolute Gasteiger partial charge is 0.458 e. The van der Waals surface area contributed by atoms with Gasteiger partial charge in [0.2, 0.25) is 0 Å². The maximum atomic E-state index is 11.7. The molecule has 0 spiro atoms. The molecule has 0 radical (unpaired) electrons. The van der Waals surface area contributed by atoms with Gasteiger partial charge in [0.25, 0.3) is 0 Å². The fourth-order valence-electron chi connectivity index (χ4n) is 4.07. The van der Waals surface area contributed by atoms with Crippen LogP contribution in [0.4, 0.5) is 0 Å². The lowest BCUT2D eigenvalue weighted by Gasteiger charge is -2.27. The molecule has 0 aromatic heterocycles. The van der Waals surface area contributed by atoms with Crippen molar-refractivity contribution in [3.63, 3.8) is 0 Å². The van der Waals surface area contributed by atoms with E-state index in [4.69, 9.17) is 4.74 Å². The Balaban J connectivity index is 1.97. The maximum absolute atomic E-state index is 11.7. The molecule has 1 heterocycles. The van der Waals surface area contributed by atoms with Crippen LogP contribution in [0.2, 0.25) is 0 Å². The van der Waals surface area contributed by atoms with Gasteiger partial charge in [-0.3, -0.25) is 0 Å². The number of rotatable bonds is 0. The van der Waals surface area contributed by atoms with E-state index >= 15 is 0 Å². The van der Waals surface area contributed by atoms with Gasteiger partial charge in [0.1, 0.15) is 6.10 Å². The SMILES string of the molecule is C=C1CC[C@@H]2[C@H]1[C@H]1OC(=O)C(=C)[C@H]1CC[C@H]2C. The van der Waals surface area contributed by atoms with E-state index in [0.29, 0.717) is 17.4 Å². The first-order chi connectivity index (χ1) is 8.09. The van der Waals surface area contributed by atoms with Gasteiger partial charge < -0.3 is 4.74 Å². The molecule has 2 nitrogen and oxygen atoms in total. The number of esters is 1. The van der Waals surface area contributed by atoms with Crippen molar-refractivity contribution >= 4 is 5.97 Å². The smallest absolute Gasteiger partial charge is 0.334 e. The zero-order chi connectivity index (χ0) is 12.2. The Morgan fingerprint density at radius 3 is 2.76 bits per heavy atom. The highest BCUT2D eigenvalue weighted by Gasteiger charge is 2.51. The molecule has 2 heteroatoms. The number of ether oxygens (including phenoxy) is 1. The number of hydrogen-bond acceptors (Lipinski definition) is 2. The lowest BCUT2D eigenvalue weighted by Crippen LogP contribution is -2.29. The van der Waals surface area contributed by atoms with E-state index in [1.165, 1.54) is 18.4 Å². The number of hydrogen-bond donors (Lipinski definition) is 0. The van der Waals surface area contributed by atoms with E-state index in [2.05, 4.69) is 20.1 Å². The third-order valence-corrected chi connectivity index (χ3v) is 5.10. The first-order valence-corrected chi connectivity index (χ1v) is 6.67. The summed E-state index contributed by atoms with van der Waals surface area (Å²) < 4.78 is 5.59. The van der Waals surface area contributed by atoms with Gasteiger partial charge in [-0.25, -0.2) is 4.79 Å². The summed E-state index contributed by atoms with van der Waals surface area (Å²) in [5.41, 5.74) is 1.99. The Hall–Kier alpha value is -1.05. The molecule has 1 saturated heterocycles. The van der Waals surface area contributed by atoms with Gasteiger partial charge in [0, 0.05) is 17.4 Å². The number of fused-ring (bicyclic) bond motifs is 3. The standard InChI is InChI=1S/C15H20O2/c1-8-4-7-12-10(3)15(16)17-14(12)13-9(2)5-6-11(8)13/h8,11-14H,2-7H2,1H3/t8-,11+,12-,13+,14+/m1/s1. The minimum atomic E-state index is -0.173. The monoisotopic (exact) mass is 232 g/mol. The van der Waals surface area contributed by atoms with Crippen LogP contribution in [0.3, 0.4) is 0 Å². The molecule has 0 aromatic carbocycles. The summed E-state index contributed by atoms with van der Waals surface area (Å²) in [5, 5.41) is 0. The van der Waals surface area contributed by atoms with Crippen LogP contribution in [-0.2, 0) is 9.53 Å². The van der Waals surface area contributed by atoms with Crippen LogP contribution < -0.4 is 0 Å². The highest BCUT2D eigenvalue weighted by Crippen LogP contribution is 2.52. The Morgan fingerprint density at radius 2 is 2.00 bits per heavy atom. The third kappa shape index (κ3) is 1.50. The van der Waals surface area contributed by atoms with Crippen molar-refractivity contribution in [3.05, 3.63) is 24.3 Å². The van der Waals surface area contributed by atoms with Gasteiger partial charge >= 0.3 is 5.97 Å². The highest BCUT2D eigenvalue weighted by molar-refractivity contribution is 5.90. The van der Waals surface area contributed by atoms with Crippen molar-refractivity contribution in [2.24, 2.45) is 23.7 Å². The van der Waals surface area contributed by atoms with E-state index in [1.807, 2.05) is 0 Å².